The van der Waals surface area contributed by atoms with E-state index in [9.17, 15) is 13.2 Å². The van der Waals surface area contributed by atoms with Crippen molar-refractivity contribution in [3.05, 3.63) is 59.7 Å². The van der Waals surface area contributed by atoms with Crippen molar-refractivity contribution < 1.29 is 13.2 Å². The van der Waals surface area contributed by atoms with Crippen molar-refractivity contribution in [1.82, 2.24) is 10.4 Å². The Labute approximate surface area is 154 Å². The van der Waals surface area contributed by atoms with Gasteiger partial charge in [0.2, 0.25) is 0 Å². The van der Waals surface area contributed by atoms with Gasteiger partial charge in [-0.3, -0.25) is 14.9 Å². The summed E-state index contributed by atoms with van der Waals surface area (Å²) >= 11 is 0. The van der Waals surface area contributed by atoms with Crippen molar-refractivity contribution >= 4 is 21.6 Å². The highest BCUT2D eigenvalue weighted by Crippen LogP contribution is 2.18. The van der Waals surface area contributed by atoms with E-state index in [1.165, 1.54) is 6.42 Å². The van der Waals surface area contributed by atoms with Gasteiger partial charge in [-0.2, -0.15) is 0 Å². The van der Waals surface area contributed by atoms with Crippen molar-refractivity contribution in [2.24, 2.45) is 0 Å². The number of hydrogen-bond acceptors (Lipinski definition) is 4. The number of aryl methyl sites for hydroxylation is 1. The van der Waals surface area contributed by atoms with E-state index in [1.807, 2.05) is 11.9 Å². The number of amides is 1. The average Bonchev–Trinajstić information content (AvgIpc) is 2.63. The Kier molecular flexibility index (Phi) is 5.58. The molecule has 0 aromatic heterocycles. The van der Waals surface area contributed by atoms with Crippen LogP contribution in [0.3, 0.4) is 0 Å². The molecule has 0 atom stereocenters. The molecule has 7 heteroatoms. The molecule has 2 N–H and O–H groups in total. The fraction of sp³-hybridized carbons (Fsp3) is 0.316. The first-order chi connectivity index (χ1) is 12.4. The fourth-order valence-corrected chi connectivity index (χ4v) is 3.92. The van der Waals surface area contributed by atoms with Crippen molar-refractivity contribution in [1.29, 1.82) is 0 Å². The van der Waals surface area contributed by atoms with Gasteiger partial charge in [0.05, 0.1) is 4.90 Å². The first-order valence-electron chi connectivity index (χ1n) is 8.69. The zero-order chi connectivity index (χ0) is 18.6. The molecule has 26 heavy (non-hydrogen) atoms. The predicted molar refractivity (Wildman–Crippen MR) is 101 cm³/mol. The molecule has 0 spiro atoms. The maximum absolute atomic E-state index is 12.5. The molecule has 6 nitrogen and oxygen atoms in total. The van der Waals surface area contributed by atoms with Crippen LogP contribution < -0.4 is 10.1 Å². The molecule has 0 unspecified atom stereocenters. The first kappa shape index (κ1) is 18.4. The number of carbonyl (C=O) groups excluding carboxylic acids is 1. The zero-order valence-electron chi connectivity index (χ0n) is 14.7. The number of nitrogens with zero attached hydrogens (tertiary/aromatic N) is 1. The number of piperidine rings is 1. The van der Waals surface area contributed by atoms with Crippen LogP contribution in [0.2, 0.25) is 0 Å². The molecular weight excluding hydrogens is 350 g/mol. The topological polar surface area (TPSA) is 78.5 Å². The van der Waals surface area contributed by atoms with Gasteiger partial charge >= 0.3 is 0 Å². The van der Waals surface area contributed by atoms with Crippen LogP contribution in [-0.4, -0.2) is 32.4 Å². The lowest BCUT2D eigenvalue weighted by molar-refractivity contribution is 0.0750. The minimum absolute atomic E-state index is 0.186. The lowest BCUT2D eigenvalue weighted by atomic mass is 10.1. The van der Waals surface area contributed by atoms with Crippen LogP contribution in [0.4, 0.5) is 5.69 Å². The third-order valence-corrected chi connectivity index (χ3v) is 5.72. The van der Waals surface area contributed by atoms with Gasteiger partial charge in [0.1, 0.15) is 0 Å². The van der Waals surface area contributed by atoms with E-state index in [2.05, 4.69) is 10.1 Å². The Morgan fingerprint density at radius 2 is 1.69 bits per heavy atom. The molecule has 138 valence electrons. The molecule has 1 aliphatic rings. The summed E-state index contributed by atoms with van der Waals surface area (Å²) in [5, 5.41) is 1.91. The summed E-state index contributed by atoms with van der Waals surface area (Å²) in [6, 6.07) is 13.1. The van der Waals surface area contributed by atoms with Crippen LogP contribution in [0.1, 0.15) is 35.2 Å². The number of sulfonamides is 1. The third kappa shape index (κ3) is 4.62. The van der Waals surface area contributed by atoms with Gasteiger partial charge in [0.25, 0.3) is 15.9 Å². The number of rotatable bonds is 5. The number of anilines is 1. The Bertz CT molecular complexity index is 873. The van der Waals surface area contributed by atoms with Crippen molar-refractivity contribution in [3.63, 3.8) is 0 Å². The van der Waals surface area contributed by atoms with E-state index in [0.717, 1.165) is 31.5 Å². The van der Waals surface area contributed by atoms with Crippen LogP contribution in [0.15, 0.2) is 53.4 Å². The molecule has 1 aliphatic heterocycles. The number of benzene rings is 2. The summed E-state index contributed by atoms with van der Waals surface area (Å²) in [5.41, 5.74) is 4.64. The highest BCUT2D eigenvalue weighted by atomic mass is 32.2. The highest BCUT2D eigenvalue weighted by Gasteiger charge is 2.17. The molecule has 2 aromatic carbocycles. The second kappa shape index (κ2) is 7.88. The van der Waals surface area contributed by atoms with E-state index in [-0.39, 0.29) is 10.8 Å². The number of carbonyl (C=O) groups is 1. The normalized spacial score (nSPS) is 15.4. The quantitative estimate of drug-likeness (QED) is 0.845. The van der Waals surface area contributed by atoms with E-state index in [0.29, 0.717) is 11.3 Å². The lowest BCUT2D eigenvalue weighted by Crippen LogP contribution is -2.45. The van der Waals surface area contributed by atoms with Crippen LogP contribution in [0.5, 0.6) is 0 Å². The summed E-state index contributed by atoms with van der Waals surface area (Å²) in [5.74, 6) is -0.233. The van der Waals surface area contributed by atoms with Gasteiger partial charge in [-0.1, -0.05) is 30.2 Å². The standard InChI is InChI=1S/C19H23N3O3S/c1-15-8-10-18(11-9-15)26(24,25)21-17-7-5-6-16(14-17)19(23)20-22-12-3-2-4-13-22/h5-11,14,21H,2-4,12-13H2,1H3,(H,20,23). The predicted octanol–water partition coefficient (Wildman–Crippen LogP) is 2.93. The second-order valence-electron chi connectivity index (χ2n) is 6.49. The Morgan fingerprint density at radius 1 is 1.00 bits per heavy atom. The molecule has 1 heterocycles. The zero-order valence-corrected chi connectivity index (χ0v) is 15.6. The molecule has 0 bridgehead atoms. The van der Waals surface area contributed by atoms with Crippen LogP contribution in [0, 0.1) is 6.92 Å². The van der Waals surface area contributed by atoms with E-state index in [4.69, 9.17) is 0 Å². The first-order valence-corrected chi connectivity index (χ1v) is 10.2. The maximum atomic E-state index is 12.5. The average molecular weight is 373 g/mol. The Balaban J connectivity index is 1.72. The minimum atomic E-state index is -3.69. The largest absolute Gasteiger partial charge is 0.285 e. The Morgan fingerprint density at radius 3 is 2.38 bits per heavy atom. The van der Waals surface area contributed by atoms with Gasteiger partial charge in [-0.05, 0) is 50.1 Å². The van der Waals surface area contributed by atoms with E-state index < -0.39 is 10.0 Å². The molecule has 0 aliphatic carbocycles. The lowest BCUT2D eigenvalue weighted by Gasteiger charge is -2.26. The summed E-state index contributed by atoms with van der Waals surface area (Å²) in [6.07, 6.45) is 3.32. The summed E-state index contributed by atoms with van der Waals surface area (Å²) in [6.45, 7) is 3.57. The maximum Gasteiger partial charge on any atom is 0.265 e. The molecule has 1 saturated heterocycles. The van der Waals surface area contributed by atoms with Crippen LogP contribution in [0.25, 0.3) is 0 Å². The Hall–Kier alpha value is -2.38. The molecule has 0 saturated carbocycles. The summed E-state index contributed by atoms with van der Waals surface area (Å²) in [7, 11) is -3.69. The monoisotopic (exact) mass is 373 g/mol. The summed E-state index contributed by atoms with van der Waals surface area (Å²) < 4.78 is 27.5. The van der Waals surface area contributed by atoms with Gasteiger partial charge in [0, 0.05) is 24.3 Å². The van der Waals surface area contributed by atoms with Crippen LogP contribution >= 0.6 is 0 Å². The molecule has 1 amide bonds. The van der Waals surface area contributed by atoms with Gasteiger partial charge < -0.3 is 0 Å². The molecule has 1 fully saturated rings. The molecule has 3 rings (SSSR count). The minimum Gasteiger partial charge on any atom is -0.285 e. The summed E-state index contributed by atoms with van der Waals surface area (Å²) in [4.78, 5) is 12.6. The second-order valence-corrected chi connectivity index (χ2v) is 8.17. The van der Waals surface area contributed by atoms with E-state index >= 15 is 0 Å². The van der Waals surface area contributed by atoms with Crippen molar-refractivity contribution in [2.45, 2.75) is 31.1 Å². The highest BCUT2D eigenvalue weighted by molar-refractivity contribution is 7.92. The smallest absolute Gasteiger partial charge is 0.265 e. The SMILES string of the molecule is Cc1ccc(S(=O)(=O)Nc2cccc(C(=O)NN3CCCCC3)c2)cc1. The molecule has 0 radical (unpaired) electrons. The van der Waals surface area contributed by atoms with Gasteiger partial charge in [0.15, 0.2) is 0 Å². The number of hydrogen-bond donors (Lipinski definition) is 2. The van der Waals surface area contributed by atoms with Gasteiger partial charge in [-0.25, -0.2) is 13.4 Å². The van der Waals surface area contributed by atoms with Crippen LogP contribution in [-0.2, 0) is 10.0 Å². The van der Waals surface area contributed by atoms with Gasteiger partial charge in [-0.15, -0.1) is 0 Å². The third-order valence-electron chi connectivity index (χ3n) is 4.32. The van der Waals surface area contributed by atoms with Crippen molar-refractivity contribution in [3.8, 4) is 0 Å². The van der Waals surface area contributed by atoms with E-state index in [1.54, 1.807) is 48.5 Å². The van der Waals surface area contributed by atoms with Crippen molar-refractivity contribution in [2.75, 3.05) is 17.8 Å². The number of nitrogens with one attached hydrogen (secondary N) is 2. The number of hydrazine groups is 1. The molecule has 2 aromatic rings. The fourth-order valence-electron chi connectivity index (χ4n) is 2.87. The molecular formula is C19H23N3O3S.